The SMILES string of the molecule is CC#CCN1CCN(S(C)(=O)=O)CC1. The van der Waals surface area contributed by atoms with Crippen molar-refractivity contribution >= 4 is 10.0 Å². The van der Waals surface area contributed by atoms with Gasteiger partial charge in [0.25, 0.3) is 0 Å². The lowest BCUT2D eigenvalue weighted by atomic mass is 10.3. The molecule has 0 radical (unpaired) electrons. The summed E-state index contributed by atoms with van der Waals surface area (Å²) < 4.78 is 23.9. The summed E-state index contributed by atoms with van der Waals surface area (Å²) in [7, 11) is -3.00. The fourth-order valence-corrected chi connectivity index (χ4v) is 2.24. The number of piperazine rings is 1. The van der Waals surface area contributed by atoms with Crippen LogP contribution in [0.3, 0.4) is 0 Å². The highest BCUT2D eigenvalue weighted by Gasteiger charge is 2.22. The van der Waals surface area contributed by atoms with Gasteiger partial charge in [-0.1, -0.05) is 5.92 Å². The zero-order valence-electron chi connectivity index (χ0n) is 8.65. The number of hydrogen-bond donors (Lipinski definition) is 0. The third-order valence-corrected chi connectivity index (χ3v) is 3.58. The second-order valence-electron chi connectivity index (χ2n) is 3.36. The van der Waals surface area contributed by atoms with E-state index in [1.165, 1.54) is 10.6 Å². The Balaban J connectivity index is 2.41. The molecule has 0 saturated carbocycles. The second kappa shape index (κ2) is 4.78. The molecule has 0 bridgehead atoms. The van der Waals surface area contributed by atoms with E-state index in [0.29, 0.717) is 13.1 Å². The van der Waals surface area contributed by atoms with Crippen LogP contribution in [0, 0.1) is 11.8 Å². The Morgan fingerprint density at radius 2 is 1.79 bits per heavy atom. The Kier molecular flexibility index (Phi) is 3.93. The van der Waals surface area contributed by atoms with Gasteiger partial charge in [-0.25, -0.2) is 8.42 Å². The van der Waals surface area contributed by atoms with Crippen molar-refractivity contribution in [2.24, 2.45) is 0 Å². The van der Waals surface area contributed by atoms with Crippen molar-refractivity contribution in [1.82, 2.24) is 9.21 Å². The summed E-state index contributed by atoms with van der Waals surface area (Å²) in [5, 5.41) is 0. The van der Waals surface area contributed by atoms with E-state index in [1.807, 2.05) is 6.92 Å². The van der Waals surface area contributed by atoms with E-state index < -0.39 is 10.0 Å². The molecule has 1 aliphatic rings. The zero-order valence-corrected chi connectivity index (χ0v) is 9.47. The molecule has 5 heteroatoms. The Labute approximate surface area is 85.9 Å². The predicted molar refractivity (Wildman–Crippen MR) is 56.3 cm³/mol. The first-order chi connectivity index (χ1) is 6.54. The van der Waals surface area contributed by atoms with Crippen molar-refractivity contribution in [2.75, 3.05) is 39.0 Å². The van der Waals surface area contributed by atoms with Gasteiger partial charge in [0.2, 0.25) is 10.0 Å². The maximum atomic E-state index is 11.2. The maximum Gasteiger partial charge on any atom is 0.211 e. The molecular formula is C9H16N2O2S. The lowest BCUT2D eigenvalue weighted by Gasteiger charge is -2.31. The minimum Gasteiger partial charge on any atom is -0.290 e. The van der Waals surface area contributed by atoms with Crippen LogP contribution in [0.2, 0.25) is 0 Å². The quantitative estimate of drug-likeness (QED) is 0.589. The molecule has 1 rings (SSSR count). The monoisotopic (exact) mass is 216 g/mol. The fraction of sp³-hybridized carbons (Fsp3) is 0.778. The molecule has 4 nitrogen and oxygen atoms in total. The van der Waals surface area contributed by atoms with Crippen LogP contribution in [-0.4, -0.2) is 56.6 Å². The lowest BCUT2D eigenvalue weighted by Crippen LogP contribution is -2.48. The zero-order chi connectivity index (χ0) is 10.6. The third-order valence-electron chi connectivity index (χ3n) is 2.28. The van der Waals surface area contributed by atoms with Crippen molar-refractivity contribution in [3.8, 4) is 11.8 Å². The van der Waals surface area contributed by atoms with Crippen molar-refractivity contribution in [2.45, 2.75) is 6.92 Å². The van der Waals surface area contributed by atoms with E-state index in [1.54, 1.807) is 0 Å². The molecule has 0 N–H and O–H groups in total. The van der Waals surface area contributed by atoms with Crippen molar-refractivity contribution in [3.05, 3.63) is 0 Å². The van der Waals surface area contributed by atoms with E-state index >= 15 is 0 Å². The summed E-state index contributed by atoms with van der Waals surface area (Å²) in [6.45, 7) is 5.29. The first-order valence-corrected chi connectivity index (χ1v) is 6.46. The van der Waals surface area contributed by atoms with Gasteiger partial charge in [0.05, 0.1) is 12.8 Å². The molecule has 14 heavy (non-hydrogen) atoms. The second-order valence-corrected chi connectivity index (χ2v) is 5.35. The molecular weight excluding hydrogens is 200 g/mol. The summed E-state index contributed by atoms with van der Waals surface area (Å²) in [6.07, 6.45) is 1.26. The van der Waals surface area contributed by atoms with Gasteiger partial charge in [-0.15, -0.1) is 5.92 Å². The minimum atomic E-state index is -3.00. The van der Waals surface area contributed by atoms with Crippen LogP contribution < -0.4 is 0 Å². The molecule has 0 amide bonds. The molecule has 1 heterocycles. The summed E-state index contributed by atoms with van der Waals surface area (Å²) >= 11 is 0. The number of sulfonamides is 1. The van der Waals surface area contributed by atoms with Gasteiger partial charge in [0, 0.05) is 26.2 Å². The Hall–Kier alpha value is -0.570. The third kappa shape index (κ3) is 3.29. The van der Waals surface area contributed by atoms with Gasteiger partial charge in [-0.3, -0.25) is 4.90 Å². The van der Waals surface area contributed by atoms with E-state index in [9.17, 15) is 8.42 Å². The van der Waals surface area contributed by atoms with Crippen LogP contribution in [-0.2, 0) is 10.0 Å². The summed E-state index contributed by atoms with van der Waals surface area (Å²) in [5.41, 5.74) is 0. The van der Waals surface area contributed by atoms with Crippen molar-refractivity contribution in [3.63, 3.8) is 0 Å². The van der Waals surface area contributed by atoms with Gasteiger partial charge >= 0.3 is 0 Å². The number of nitrogens with zero attached hydrogens (tertiary/aromatic N) is 2. The van der Waals surface area contributed by atoms with Crippen LogP contribution in [0.25, 0.3) is 0 Å². The molecule has 1 saturated heterocycles. The van der Waals surface area contributed by atoms with E-state index in [4.69, 9.17) is 0 Å². The lowest BCUT2D eigenvalue weighted by molar-refractivity contribution is 0.207. The smallest absolute Gasteiger partial charge is 0.211 e. The Morgan fingerprint density at radius 1 is 1.21 bits per heavy atom. The van der Waals surface area contributed by atoms with E-state index in [-0.39, 0.29) is 0 Å². The summed E-state index contributed by atoms with van der Waals surface area (Å²) in [5.74, 6) is 5.81. The molecule has 0 spiro atoms. The average molecular weight is 216 g/mol. The topological polar surface area (TPSA) is 40.6 Å². The highest BCUT2D eigenvalue weighted by molar-refractivity contribution is 7.88. The first-order valence-electron chi connectivity index (χ1n) is 4.61. The van der Waals surface area contributed by atoms with Crippen LogP contribution in [0.15, 0.2) is 0 Å². The molecule has 80 valence electrons. The molecule has 0 aromatic carbocycles. The average Bonchev–Trinajstić information content (AvgIpc) is 2.14. The fourth-order valence-electron chi connectivity index (χ4n) is 1.41. The number of rotatable bonds is 2. The molecule has 0 aromatic heterocycles. The highest BCUT2D eigenvalue weighted by atomic mass is 32.2. The van der Waals surface area contributed by atoms with E-state index in [0.717, 1.165) is 19.6 Å². The Bertz CT molecular complexity index is 332. The Morgan fingerprint density at radius 3 is 2.21 bits per heavy atom. The molecule has 1 fully saturated rings. The van der Waals surface area contributed by atoms with Crippen LogP contribution in [0.1, 0.15) is 6.92 Å². The van der Waals surface area contributed by atoms with E-state index in [2.05, 4.69) is 16.7 Å². The predicted octanol–water partition coefficient (Wildman–Crippen LogP) is -0.413. The van der Waals surface area contributed by atoms with Crippen LogP contribution >= 0.6 is 0 Å². The standard InChI is InChI=1S/C9H16N2O2S/c1-3-4-5-10-6-8-11(9-7-10)14(2,12)13/h5-9H2,1-2H3. The van der Waals surface area contributed by atoms with Gasteiger partial charge in [0.1, 0.15) is 0 Å². The molecule has 0 unspecified atom stereocenters. The molecule has 1 aliphatic heterocycles. The summed E-state index contributed by atoms with van der Waals surface area (Å²) in [6, 6.07) is 0. The molecule has 0 atom stereocenters. The number of hydrogen-bond acceptors (Lipinski definition) is 3. The maximum absolute atomic E-state index is 11.2. The van der Waals surface area contributed by atoms with Gasteiger partial charge in [0.15, 0.2) is 0 Å². The van der Waals surface area contributed by atoms with Gasteiger partial charge in [-0.2, -0.15) is 4.31 Å². The van der Waals surface area contributed by atoms with Crippen LogP contribution in [0.4, 0.5) is 0 Å². The van der Waals surface area contributed by atoms with Crippen LogP contribution in [0.5, 0.6) is 0 Å². The van der Waals surface area contributed by atoms with Crippen molar-refractivity contribution in [1.29, 1.82) is 0 Å². The first kappa shape index (κ1) is 11.5. The van der Waals surface area contributed by atoms with Gasteiger partial charge in [-0.05, 0) is 6.92 Å². The molecule has 0 aliphatic carbocycles. The summed E-state index contributed by atoms with van der Waals surface area (Å²) in [4.78, 5) is 2.16. The molecule has 0 aromatic rings. The largest absolute Gasteiger partial charge is 0.290 e. The van der Waals surface area contributed by atoms with Crippen molar-refractivity contribution < 1.29 is 8.42 Å². The normalized spacial score (nSPS) is 20.1. The van der Waals surface area contributed by atoms with Gasteiger partial charge < -0.3 is 0 Å². The highest BCUT2D eigenvalue weighted by Crippen LogP contribution is 2.04. The minimum absolute atomic E-state index is 0.588.